The average Bonchev–Trinajstić information content (AvgIpc) is 2.26. The molecule has 2 N–H and O–H groups in total. The standard InChI is InChI=1S/C12H16N4/c1-7(2)10-5-9(6-13)16-11(8(3)14)12(10)15-4/h5,7,14-15H,1-4H3. The van der Waals surface area contributed by atoms with Crippen molar-refractivity contribution in [2.75, 3.05) is 12.4 Å². The van der Waals surface area contributed by atoms with Crippen LogP contribution in [-0.2, 0) is 0 Å². The van der Waals surface area contributed by atoms with E-state index in [1.54, 1.807) is 20.0 Å². The van der Waals surface area contributed by atoms with Gasteiger partial charge in [0.25, 0.3) is 0 Å². The Morgan fingerprint density at radius 1 is 1.56 bits per heavy atom. The Labute approximate surface area is 95.8 Å². The van der Waals surface area contributed by atoms with Crippen molar-refractivity contribution in [3.05, 3.63) is 23.0 Å². The lowest BCUT2D eigenvalue weighted by Crippen LogP contribution is -2.09. The monoisotopic (exact) mass is 216 g/mol. The second-order valence-corrected chi connectivity index (χ2v) is 3.96. The van der Waals surface area contributed by atoms with Crippen LogP contribution in [0.1, 0.15) is 43.6 Å². The molecular formula is C12H16N4. The highest BCUT2D eigenvalue weighted by Gasteiger charge is 2.15. The van der Waals surface area contributed by atoms with Gasteiger partial charge in [-0.2, -0.15) is 5.26 Å². The minimum Gasteiger partial charge on any atom is -0.386 e. The number of nitrogens with one attached hydrogen (secondary N) is 2. The second kappa shape index (κ2) is 4.75. The lowest BCUT2D eigenvalue weighted by molar-refractivity contribution is 0.862. The Kier molecular flexibility index (Phi) is 3.62. The summed E-state index contributed by atoms with van der Waals surface area (Å²) in [4.78, 5) is 4.16. The predicted octanol–water partition coefficient (Wildman–Crippen LogP) is 2.51. The minimum absolute atomic E-state index is 0.288. The van der Waals surface area contributed by atoms with Crippen LogP contribution in [0.15, 0.2) is 6.07 Å². The number of aromatic nitrogens is 1. The van der Waals surface area contributed by atoms with Crippen LogP contribution in [0, 0.1) is 16.7 Å². The molecule has 84 valence electrons. The van der Waals surface area contributed by atoms with Gasteiger partial charge in [0.1, 0.15) is 17.5 Å². The summed E-state index contributed by atoms with van der Waals surface area (Å²) in [6.45, 7) is 5.79. The molecule has 0 aliphatic heterocycles. The van der Waals surface area contributed by atoms with Crippen molar-refractivity contribution in [3.63, 3.8) is 0 Å². The Hall–Kier alpha value is -1.89. The van der Waals surface area contributed by atoms with Gasteiger partial charge in [0.05, 0.1) is 11.4 Å². The van der Waals surface area contributed by atoms with Crippen LogP contribution in [0.5, 0.6) is 0 Å². The van der Waals surface area contributed by atoms with E-state index in [0.29, 0.717) is 17.1 Å². The largest absolute Gasteiger partial charge is 0.386 e. The number of nitriles is 1. The molecule has 4 nitrogen and oxygen atoms in total. The maximum atomic E-state index is 8.91. The molecule has 0 radical (unpaired) electrons. The highest BCUT2D eigenvalue weighted by Crippen LogP contribution is 2.27. The summed E-state index contributed by atoms with van der Waals surface area (Å²) in [7, 11) is 1.81. The summed E-state index contributed by atoms with van der Waals surface area (Å²) >= 11 is 0. The van der Waals surface area contributed by atoms with Crippen LogP contribution >= 0.6 is 0 Å². The molecule has 1 aromatic rings. The third-order valence-electron chi connectivity index (χ3n) is 2.39. The highest BCUT2D eigenvalue weighted by atomic mass is 14.9. The van der Waals surface area contributed by atoms with Gasteiger partial charge in [-0.05, 0) is 24.5 Å². The van der Waals surface area contributed by atoms with Crippen molar-refractivity contribution in [1.29, 1.82) is 10.7 Å². The zero-order valence-electron chi connectivity index (χ0n) is 10.0. The highest BCUT2D eigenvalue weighted by molar-refractivity contribution is 6.00. The maximum absolute atomic E-state index is 8.91. The molecule has 0 aliphatic carbocycles. The van der Waals surface area contributed by atoms with Gasteiger partial charge < -0.3 is 10.7 Å². The van der Waals surface area contributed by atoms with E-state index < -0.39 is 0 Å². The van der Waals surface area contributed by atoms with E-state index in [1.807, 2.05) is 6.07 Å². The molecule has 0 spiro atoms. The molecule has 0 unspecified atom stereocenters. The molecule has 0 atom stereocenters. The molecule has 0 amide bonds. The molecule has 1 aromatic heterocycles. The van der Waals surface area contributed by atoms with Crippen molar-refractivity contribution >= 4 is 11.4 Å². The van der Waals surface area contributed by atoms with Crippen molar-refractivity contribution in [2.24, 2.45) is 0 Å². The lowest BCUT2D eigenvalue weighted by Gasteiger charge is -2.16. The zero-order chi connectivity index (χ0) is 12.3. The Morgan fingerprint density at radius 2 is 2.19 bits per heavy atom. The topological polar surface area (TPSA) is 72.6 Å². The fourth-order valence-electron chi connectivity index (χ4n) is 1.61. The first kappa shape index (κ1) is 12.2. The van der Waals surface area contributed by atoms with Crippen LogP contribution in [0.25, 0.3) is 0 Å². The predicted molar refractivity (Wildman–Crippen MR) is 65.1 cm³/mol. The number of anilines is 1. The summed E-state index contributed by atoms with van der Waals surface area (Å²) in [5.41, 5.74) is 3.16. The van der Waals surface area contributed by atoms with Crippen LogP contribution in [-0.4, -0.2) is 17.7 Å². The summed E-state index contributed by atoms with van der Waals surface area (Å²) < 4.78 is 0. The van der Waals surface area contributed by atoms with E-state index in [9.17, 15) is 0 Å². The fourth-order valence-corrected chi connectivity index (χ4v) is 1.61. The van der Waals surface area contributed by atoms with Gasteiger partial charge in [-0.1, -0.05) is 13.8 Å². The SMILES string of the molecule is CNc1c(C(C)C)cc(C#N)nc1C(C)=N. The molecule has 0 fully saturated rings. The number of hydrogen-bond donors (Lipinski definition) is 2. The molecule has 0 bridgehead atoms. The van der Waals surface area contributed by atoms with Gasteiger partial charge >= 0.3 is 0 Å². The first-order valence-corrected chi connectivity index (χ1v) is 5.19. The van der Waals surface area contributed by atoms with E-state index >= 15 is 0 Å². The van der Waals surface area contributed by atoms with E-state index in [4.69, 9.17) is 10.7 Å². The van der Waals surface area contributed by atoms with E-state index in [-0.39, 0.29) is 5.92 Å². The third kappa shape index (κ3) is 2.19. The number of rotatable bonds is 3. The molecule has 0 saturated heterocycles. The van der Waals surface area contributed by atoms with Crippen LogP contribution in [0.3, 0.4) is 0 Å². The average molecular weight is 216 g/mol. The van der Waals surface area contributed by atoms with E-state index in [2.05, 4.69) is 24.1 Å². The first-order valence-electron chi connectivity index (χ1n) is 5.19. The molecule has 0 aliphatic rings. The van der Waals surface area contributed by atoms with Crippen molar-refractivity contribution in [2.45, 2.75) is 26.7 Å². The minimum atomic E-state index is 0.288. The van der Waals surface area contributed by atoms with Crippen LogP contribution in [0.4, 0.5) is 5.69 Å². The summed E-state index contributed by atoms with van der Waals surface area (Å²) in [5.74, 6) is 0.288. The molecule has 0 aromatic carbocycles. The lowest BCUT2D eigenvalue weighted by atomic mass is 9.98. The number of pyridine rings is 1. The van der Waals surface area contributed by atoms with Gasteiger partial charge in [0.15, 0.2) is 0 Å². The Balaban J connectivity index is 3.54. The molecule has 4 heteroatoms. The van der Waals surface area contributed by atoms with Gasteiger partial charge in [-0.3, -0.25) is 0 Å². The van der Waals surface area contributed by atoms with Crippen LogP contribution in [0.2, 0.25) is 0 Å². The quantitative estimate of drug-likeness (QED) is 0.762. The van der Waals surface area contributed by atoms with Crippen molar-refractivity contribution < 1.29 is 0 Å². The van der Waals surface area contributed by atoms with Gasteiger partial charge in [0.2, 0.25) is 0 Å². The smallest absolute Gasteiger partial charge is 0.141 e. The molecule has 1 heterocycles. The van der Waals surface area contributed by atoms with Gasteiger partial charge in [-0.15, -0.1) is 0 Å². The second-order valence-electron chi connectivity index (χ2n) is 3.96. The maximum Gasteiger partial charge on any atom is 0.141 e. The third-order valence-corrected chi connectivity index (χ3v) is 2.39. The Morgan fingerprint density at radius 3 is 2.56 bits per heavy atom. The summed E-state index contributed by atoms with van der Waals surface area (Å²) in [6.07, 6.45) is 0. The first-order chi connectivity index (χ1) is 7.51. The van der Waals surface area contributed by atoms with E-state index in [0.717, 1.165) is 11.3 Å². The van der Waals surface area contributed by atoms with Crippen LogP contribution < -0.4 is 5.32 Å². The molecule has 0 saturated carbocycles. The fraction of sp³-hybridized carbons (Fsp3) is 0.417. The number of hydrogen-bond acceptors (Lipinski definition) is 4. The van der Waals surface area contributed by atoms with E-state index in [1.165, 1.54) is 0 Å². The van der Waals surface area contributed by atoms with Gasteiger partial charge in [0, 0.05) is 7.05 Å². The Bertz CT molecular complexity index is 455. The normalized spacial score (nSPS) is 10.0. The molecule has 1 rings (SSSR count). The summed E-state index contributed by atoms with van der Waals surface area (Å²) in [6, 6.07) is 3.81. The number of nitrogens with zero attached hydrogens (tertiary/aromatic N) is 2. The van der Waals surface area contributed by atoms with Crippen molar-refractivity contribution in [1.82, 2.24) is 4.98 Å². The molecule has 16 heavy (non-hydrogen) atoms. The molecular weight excluding hydrogens is 200 g/mol. The zero-order valence-corrected chi connectivity index (χ0v) is 10.0. The van der Waals surface area contributed by atoms with Crippen molar-refractivity contribution in [3.8, 4) is 6.07 Å². The summed E-state index contributed by atoms with van der Waals surface area (Å²) in [5, 5.41) is 19.7. The van der Waals surface area contributed by atoms with Gasteiger partial charge in [-0.25, -0.2) is 4.98 Å².